The minimum absolute atomic E-state index is 0.273. The van der Waals surface area contributed by atoms with Crippen molar-refractivity contribution < 1.29 is 19.0 Å². The number of amidine groups is 1. The van der Waals surface area contributed by atoms with Crippen molar-refractivity contribution in [1.29, 1.82) is 0 Å². The molecule has 0 fully saturated rings. The number of amides is 1. The molecule has 1 heterocycles. The highest BCUT2D eigenvalue weighted by atomic mass is 16.5. The van der Waals surface area contributed by atoms with E-state index in [4.69, 9.17) is 14.2 Å². The molecule has 0 aromatic heterocycles. The van der Waals surface area contributed by atoms with Gasteiger partial charge in [-0.3, -0.25) is 4.79 Å². The molecular weight excluding hydrogens is 356 g/mol. The molecule has 2 aromatic rings. The van der Waals surface area contributed by atoms with E-state index in [0.717, 1.165) is 16.9 Å². The summed E-state index contributed by atoms with van der Waals surface area (Å²) in [6.07, 6.45) is 1.76. The third-order valence-electron chi connectivity index (χ3n) is 4.54. The average molecular weight is 380 g/mol. The van der Waals surface area contributed by atoms with Crippen LogP contribution in [0.15, 0.2) is 47.1 Å². The Kier molecular flexibility index (Phi) is 5.68. The summed E-state index contributed by atoms with van der Waals surface area (Å²) in [5.74, 6) is 2.41. The number of hydrogen-bond donors (Lipinski definition) is 1. The zero-order chi connectivity index (χ0) is 20.3. The van der Waals surface area contributed by atoms with E-state index in [1.807, 2.05) is 24.3 Å². The molecule has 3 rings (SSSR count). The van der Waals surface area contributed by atoms with Crippen molar-refractivity contribution in [3.05, 3.63) is 58.8 Å². The van der Waals surface area contributed by atoms with Crippen LogP contribution in [0, 0.1) is 0 Å². The van der Waals surface area contributed by atoms with Crippen LogP contribution < -0.4 is 19.5 Å². The number of aliphatic imine (C=N–C) groups is 1. The predicted molar refractivity (Wildman–Crippen MR) is 109 cm³/mol. The summed E-state index contributed by atoms with van der Waals surface area (Å²) in [5.41, 5.74) is 2.89. The van der Waals surface area contributed by atoms with Crippen LogP contribution in [0.1, 0.15) is 36.5 Å². The lowest BCUT2D eigenvalue weighted by molar-refractivity contribution is -0.115. The molecule has 28 heavy (non-hydrogen) atoms. The standard InChI is InChI=1S/C22H24N2O4/c1-13(2)15-11-14(9-10-17(15)26-3)12-16-22(25)24-21(23-16)20-18(27-4)7-6-8-19(20)28-5/h6-13H,1-5H3,(H,23,24,25)/b16-12+. The van der Waals surface area contributed by atoms with E-state index in [9.17, 15) is 4.79 Å². The summed E-state index contributed by atoms with van der Waals surface area (Å²) >= 11 is 0. The first-order valence-corrected chi connectivity index (χ1v) is 8.99. The van der Waals surface area contributed by atoms with E-state index in [2.05, 4.69) is 24.2 Å². The normalized spacial score (nSPS) is 14.9. The van der Waals surface area contributed by atoms with E-state index in [1.54, 1.807) is 39.5 Å². The molecule has 0 saturated heterocycles. The van der Waals surface area contributed by atoms with E-state index < -0.39 is 0 Å². The lowest BCUT2D eigenvalue weighted by atomic mass is 9.99. The number of nitrogens with zero attached hydrogens (tertiary/aromatic N) is 1. The van der Waals surface area contributed by atoms with Gasteiger partial charge in [-0.1, -0.05) is 26.0 Å². The Bertz CT molecular complexity index is 939. The summed E-state index contributed by atoms with van der Waals surface area (Å²) in [4.78, 5) is 17.0. The Morgan fingerprint density at radius 2 is 1.61 bits per heavy atom. The molecule has 0 saturated carbocycles. The molecule has 0 aliphatic carbocycles. The van der Waals surface area contributed by atoms with Crippen LogP contribution in [-0.4, -0.2) is 33.1 Å². The second-order valence-electron chi connectivity index (χ2n) is 6.64. The quantitative estimate of drug-likeness (QED) is 0.775. The lowest BCUT2D eigenvalue weighted by Gasteiger charge is -2.12. The fourth-order valence-corrected chi connectivity index (χ4v) is 3.12. The Morgan fingerprint density at radius 1 is 0.964 bits per heavy atom. The number of rotatable bonds is 6. The topological polar surface area (TPSA) is 69.2 Å². The predicted octanol–water partition coefficient (Wildman–Crippen LogP) is 3.75. The van der Waals surface area contributed by atoms with Crippen molar-refractivity contribution >= 4 is 17.8 Å². The fraction of sp³-hybridized carbons (Fsp3) is 0.273. The minimum atomic E-state index is -0.273. The second kappa shape index (κ2) is 8.17. The van der Waals surface area contributed by atoms with Crippen molar-refractivity contribution in [3.8, 4) is 17.2 Å². The van der Waals surface area contributed by atoms with Gasteiger partial charge in [0, 0.05) is 0 Å². The highest BCUT2D eigenvalue weighted by molar-refractivity contribution is 6.21. The van der Waals surface area contributed by atoms with Crippen LogP contribution in [0.25, 0.3) is 6.08 Å². The maximum atomic E-state index is 12.5. The first-order valence-electron chi connectivity index (χ1n) is 8.99. The van der Waals surface area contributed by atoms with Gasteiger partial charge in [0.2, 0.25) is 0 Å². The Morgan fingerprint density at radius 3 is 2.18 bits per heavy atom. The minimum Gasteiger partial charge on any atom is -0.496 e. The van der Waals surface area contributed by atoms with E-state index in [-0.39, 0.29) is 5.91 Å². The molecule has 1 aliphatic heterocycles. The van der Waals surface area contributed by atoms with Crippen LogP contribution in [-0.2, 0) is 4.79 Å². The molecule has 2 aromatic carbocycles. The summed E-state index contributed by atoms with van der Waals surface area (Å²) in [6.45, 7) is 4.20. The van der Waals surface area contributed by atoms with E-state index >= 15 is 0 Å². The first-order chi connectivity index (χ1) is 13.5. The third-order valence-corrected chi connectivity index (χ3v) is 4.54. The van der Waals surface area contributed by atoms with Crippen LogP contribution in [0.3, 0.4) is 0 Å². The fourth-order valence-electron chi connectivity index (χ4n) is 3.12. The first kappa shape index (κ1) is 19.5. The molecule has 146 valence electrons. The van der Waals surface area contributed by atoms with Gasteiger partial charge in [0.1, 0.15) is 34.3 Å². The molecule has 1 amide bonds. The van der Waals surface area contributed by atoms with Gasteiger partial charge in [-0.05, 0) is 47.4 Å². The molecule has 1 N–H and O–H groups in total. The Labute approximate surface area is 164 Å². The van der Waals surface area contributed by atoms with Crippen molar-refractivity contribution in [3.63, 3.8) is 0 Å². The number of carbonyl (C=O) groups is 1. The zero-order valence-electron chi connectivity index (χ0n) is 16.7. The number of methoxy groups -OCH3 is 3. The molecule has 1 aliphatic rings. The molecule has 0 radical (unpaired) electrons. The van der Waals surface area contributed by atoms with Crippen molar-refractivity contribution in [1.82, 2.24) is 5.32 Å². The van der Waals surface area contributed by atoms with Crippen molar-refractivity contribution in [2.75, 3.05) is 21.3 Å². The van der Waals surface area contributed by atoms with E-state index in [1.165, 1.54) is 0 Å². The number of nitrogens with one attached hydrogen (secondary N) is 1. The van der Waals surface area contributed by atoms with Crippen LogP contribution in [0.2, 0.25) is 0 Å². The van der Waals surface area contributed by atoms with Crippen molar-refractivity contribution in [2.45, 2.75) is 19.8 Å². The van der Waals surface area contributed by atoms with Gasteiger partial charge in [-0.2, -0.15) is 0 Å². The number of benzene rings is 2. The van der Waals surface area contributed by atoms with Gasteiger partial charge in [-0.25, -0.2) is 4.99 Å². The largest absolute Gasteiger partial charge is 0.496 e. The molecule has 0 bridgehead atoms. The zero-order valence-corrected chi connectivity index (χ0v) is 16.7. The molecule has 6 nitrogen and oxygen atoms in total. The molecular formula is C22H24N2O4. The Balaban J connectivity index is 2.03. The maximum Gasteiger partial charge on any atom is 0.275 e. The lowest BCUT2D eigenvalue weighted by Crippen LogP contribution is -2.25. The van der Waals surface area contributed by atoms with Gasteiger partial charge >= 0.3 is 0 Å². The summed E-state index contributed by atoms with van der Waals surface area (Å²) < 4.78 is 16.2. The average Bonchev–Trinajstić information content (AvgIpc) is 3.06. The monoisotopic (exact) mass is 380 g/mol. The number of ether oxygens (including phenoxy) is 3. The molecule has 0 spiro atoms. The molecule has 0 unspecified atom stereocenters. The van der Waals surface area contributed by atoms with Crippen LogP contribution >= 0.6 is 0 Å². The highest BCUT2D eigenvalue weighted by Gasteiger charge is 2.26. The third kappa shape index (κ3) is 3.71. The van der Waals surface area contributed by atoms with Gasteiger partial charge in [0.25, 0.3) is 5.91 Å². The van der Waals surface area contributed by atoms with Crippen LogP contribution in [0.5, 0.6) is 17.2 Å². The van der Waals surface area contributed by atoms with Gasteiger partial charge in [-0.15, -0.1) is 0 Å². The summed E-state index contributed by atoms with van der Waals surface area (Å²) in [7, 11) is 4.79. The van der Waals surface area contributed by atoms with Gasteiger partial charge in [0.15, 0.2) is 0 Å². The van der Waals surface area contributed by atoms with Gasteiger partial charge in [0.05, 0.1) is 21.3 Å². The molecule has 0 atom stereocenters. The molecule has 6 heteroatoms. The number of carbonyl (C=O) groups excluding carboxylic acids is 1. The van der Waals surface area contributed by atoms with E-state index in [0.29, 0.717) is 34.5 Å². The maximum absolute atomic E-state index is 12.5. The second-order valence-corrected chi connectivity index (χ2v) is 6.64. The summed E-state index contributed by atoms with van der Waals surface area (Å²) in [5, 5.41) is 2.81. The van der Waals surface area contributed by atoms with Gasteiger partial charge < -0.3 is 19.5 Å². The number of hydrogen-bond acceptors (Lipinski definition) is 5. The Hall–Kier alpha value is -3.28. The smallest absolute Gasteiger partial charge is 0.275 e. The summed E-state index contributed by atoms with van der Waals surface area (Å²) in [6, 6.07) is 11.2. The van der Waals surface area contributed by atoms with Crippen LogP contribution in [0.4, 0.5) is 0 Å². The highest BCUT2D eigenvalue weighted by Crippen LogP contribution is 2.31. The van der Waals surface area contributed by atoms with Crippen molar-refractivity contribution in [2.24, 2.45) is 4.99 Å². The SMILES string of the molecule is COc1ccc(/C=C2/N=C(c3c(OC)cccc3OC)NC2=O)cc1C(C)C.